The number of allylic oxidation sites excluding steroid dienone is 2. The second kappa shape index (κ2) is 8.99. The van der Waals surface area contributed by atoms with Crippen molar-refractivity contribution in [1.82, 2.24) is 4.90 Å². The molecule has 0 aromatic heterocycles. The minimum absolute atomic E-state index is 0.106. The van der Waals surface area contributed by atoms with Crippen LogP contribution in [-0.4, -0.2) is 39.2 Å². The number of fused-ring (bicyclic) bond motifs is 4. The number of benzene rings is 2. The number of hydrogen-bond acceptors (Lipinski definition) is 5. The number of carbonyl (C=O) groups excluding carboxylic acids is 4. The quantitative estimate of drug-likeness (QED) is 0.374. The molecule has 6 atom stereocenters. The van der Waals surface area contributed by atoms with Gasteiger partial charge in [0.15, 0.2) is 0 Å². The van der Waals surface area contributed by atoms with E-state index in [2.05, 4.69) is 0 Å². The van der Waals surface area contributed by atoms with Gasteiger partial charge in [0, 0.05) is 11.5 Å². The molecule has 3 fully saturated rings. The van der Waals surface area contributed by atoms with E-state index in [4.69, 9.17) is 11.6 Å². The standard InChI is InChI=1S/C32H32ClFN2O5/c1-15-12-16(6-11-24(15)37)26-18-8-9-19-25(29(40)36(27(19)38)31(2,3)4)20(18)14-21-28(39)35(30(41)32(21,26)5)17-7-10-23(34)22(33)13-17/h6-8,10-13,19-21,25-26,37H,9,14H2,1-5H3/t19-,20+,21-,25-,26-,32+/m0/s1. The van der Waals surface area contributed by atoms with Gasteiger partial charge in [0.2, 0.25) is 23.6 Å². The van der Waals surface area contributed by atoms with Crippen molar-refractivity contribution in [2.75, 3.05) is 4.90 Å². The Hall–Kier alpha value is -3.52. The van der Waals surface area contributed by atoms with Gasteiger partial charge in [-0.15, -0.1) is 0 Å². The summed E-state index contributed by atoms with van der Waals surface area (Å²) in [5.74, 6) is -4.85. The van der Waals surface area contributed by atoms with E-state index in [1.165, 1.54) is 17.0 Å². The molecule has 214 valence electrons. The van der Waals surface area contributed by atoms with Gasteiger partial charge in [0.05, 0.1) is 33.9 Å². The lowest BCUT2D eigenvalue weighted by Crippen LogP contribution is -2.49. The lowest BCUT2D eigenvalue weighted by Gasteiger charge is -2.49. The number of aromatic hydroxyl groups is 1. The smallest absolute Gasteiger partial charge is 0.241 e. The van der Waals surface area contributed by atoms with Crippen LogP contribution in [0.2, 0.25) is 5.02 Å². The summed E-state index contributed by atoms with van der Waals surface area (Å²) in [4.78, 5) is 58.3. The second-order valence-electron chi connectivity index (χ2n) is 13.0. The van der Waals surface area contributed by atoms with E-state index in [0.29, 0.717) is 12.0 Å². The highest BCUT2D eigenvalue weighted by atomic mass is 35.5. The Morgan fingerprint density at radius 3 is 2.34 bits per heavy atom. The number of aryl methyl sites for hydroxylation is 1. The summed E-state index contributed by atoms with van der Waals surface area (Å²) in [5.41, 5.74) is 0.484. The van der Waals surface area contributed by atoms with Crippen molar-refractivity contribution in [2.24, 2.45) is 29.1 Å². The third-order valence-electron chi connectivity index (χ3n) is 9.66. The normalized spacial score (nSPS) is 31.3. The fraction of sp³-hybridized carbons (Fsp3) is 0.438. The maximum atomic E-state index is 14.4. The van der Waals surface area contributed by atoms with Gasteiger partial charge in [0.25, 0.3) is 0 Å². The van der Waals surface area contributed by atoms with Gasteiger partial charge in [-0.25, -0.2) is 9.29 Å². The van der Waals surface area contributed by atoms with Gasteiger partial charge in [-0.2, -0.15) is 0 Å². The zero-order chi connectivity index (χ0) is 29.8. The van der Waals surface area contributed by atoms with Crippen LogP contribution in [0, 0.1) is 41.8 Å². The number of anilines is 1. The van der Waals surface area contributed by atoms with E-state index in [0.717, 1.165) is 22.1 Å². The maximum absolute atomic E-state index is 14.4. The van der Waals surface area contributed by atoms with Crippen molar-refractivity contribution in [3.63, 3.8) is 0 Å². The molecule has 0 radical (unpaired) electrons. The molecule has 2 aliphatic carbocycles. The van der Waals surface area contributed by atoms with Gasteiger partial charge in [-0.1, -0.05) is 35.4 Å². The van der Waals surface area contributed by atoms with Crippen LogP contribution in [0.25, 0.3) is 0 Å². The highest BCUT2D eigenvalue weighted by molar-refractivity contribution is 6.31. The number of phenols is 1. The number of phenolic OH excluding ortho intramolecular Hbond substituents is 1. The van der Waals surface area contributed by atoms with E-state index in [1.807, 2.05) is 32.9 Å². The second-order valence-corrected chi connectivity index (χ2v) is 13.4. The Labute approximate surface area is 243 Å². The molecular formula is C32H32ClFN2O5. The number of hydrogen-bond donors (Lipinski definition) is 1. The predicted octanol–water partition coefficient (Wildman–Crippen LogP) is 5.52. The number of carbonyl (C=O) groups is 4. The Bertz CT molecular complexity index is 1580. The first-order valence-corrected chi connectivity index (χ1v) is 14.3. The number of rotatable bonds is 2. The van der Waals surface area contributed by atoms with Crippen LogP contribution in [-0.2, 0) is 19.2 Å². The summed E-state index contributed by atoms with van der Waals surface area (Å²) >= 11 is 6.04. The van der Waals surface area contributed by atoms with Crippen molar-refractivity contribution in [3.05, 3.63) is 70.0 Å². The first-order valence-electron chi connectivity index (χ1n) is 13.9. The lowest BCUT2D eigenvalue weighted by molar-refractivity contribution is -0.145. The molecule has 2 aliphatic heterocycles. The predicted molar refractivity (Wildman–Crippen MR) is 150 cm³/mol. The summed E-state index contributed by atoms with van der Waals surface area (Å²) in [5, 5.41) is 10.1. The summed E-state index contributed by atoms with van der Waals surface area (Å²) in [6.45, 7) is 9.04. The Kier molecular flexibility index (Phi) is 6.06. The first-order chi connectivity index (χ1) is 19.2. The van der Waals surface area contributed by atoms with Crippen LogP contribution in [0.15, 0.2) is 48.0 Å². The first kappa shape index (κ1) is 27.6. The monoisotopic (exact) mass is 578 g/mol. The molecule has 2 heterocycles. The molecular weight excluding hydrogens is 547 g/mol. The zero-order valence-corrected chi connectivity index (χ0v) is 24.3. The number of nitrogens with zero attached hydrogens (tertiary/aromatic N) is 2. The van der Waals surface area contributed by atoms with E-state index in [9.17, 15) is 28.7 Å². The van der Waals surface area contributed by atoms with E-state index < -0.39 is 58.2 Å². The van der Waals surface area contributed by atoms with Crippen molar-refractivity contribution < 1.29 is 28.7 Å². The molecule has 4 aliphatic rings. The SMILES string of the molecule is Cc1cc([C@H]2C3=CC[C@@H]4C(=O)N(C(C)(C)C)C(=O)[C@@H]4[C@@H]3C[C@H]3C(=O)N(c4ccc(F)c(Cl)c4)C(=O)[C@@]23C)ccc1O. The number of amides is 4. The zero-order valence-electron chi connectivity index (χ0n) is 23.6. The molecule has 0 bridgehead atoms. The summed E-state index contributed by atoms with van der Waals surface area (Å²) < 4.78 is 14.0. The topological polar surface area (TPSA) is 95.0 Å². The van der Waals surface area contributed by atoms with Crippen molar-refractivity contribution in [2.45, 2.75) is 58.9 Å². The average Bonchev–Trinajstić information content (AvgIpc) is 3.27. The van der Waals surface area contributed by atoms with Crippen LogP contribution in [0.3, 0.4) is 0 Å². The molecule has 9 heteroatoms. The molecule has 2 saturated heterocycles. The number of imide groups is 2. The summed E-state index contributed by atoms with van der Waals surface area (Å²) in [7, 11) is 0. The van der Waals surface area contributed by atoms with Gasteiger partial charge in [-0.3, -0.25) is 24.1 Å². The third-order valence-corrected chi connectivity index (χ3v) is 9.95. The Morgan fingerprint density at radius 2 is 1.71 bits per heavy atom. The summed E-state index contributed by atoms with van der Waals surface area (Å²) in [6, 6.07) is 8.90. The maximum Gasteiger partial charge on any atom is 0.241 e. The van der Waals surface area contributed by atoms with Gasteiger partial charge < -0.3 is 5.11 Å². The highest BCUT2D eigenvalue weighted by Gasteiger charge is 2.68. The Morgan fingerprint density at radius 1 is 1.00 bits per heavy atom. The largest absolute Gasteiger partial charge is 0.508 e. The molecule has 4 amide bonds. The molecule has 7 nitrogen and oxygen atoms in total. The minimum Gasteiger partial charge on any atom is -0.508 e. The van der Waals surface area contributed by atoms with Crippen molar-refractivity contribution >= 4 is 40.9 Å². The van der Waals surface area contributed by atoms with E-state index >= 15 is 0 Å². The molecule has 41 heavy (non-hydrogen) atoms. The summed E-state index contributed by atoms with van der Waals surface area (Å²) in [6.07, 6.45) is 2.58. The highest BCUT2D eigenvalue weighted by Crippen LogP contribution is 2.64. The molecule has 1 N–H and O–H groups in total. The van der Waals surface area contributed by atoms with Crippen molar-refractivity contribution in [1.29, 1.82) is 0 Å². The van der Waals surface area contributed by atoms with Gasteiger partial charge in [-0.05, 0) is 88.8 Å². The van der Waals surface area contributed by atoms with Gasteiger partial charge >= 0.3 is 0 Å². The molecule has 2 aromatic rings. The van der Waals surface area contributed by atoms with E-state index in [-0.39, 0.29) is 34.7 Å². The van der Waals surface area contributed by atoms with Crippen LogP contribution in [0.4, 0.5) is 10.1 Å². The molecule has 2 aromatic carbocycles. The van der Waals surface area contributed by atoms with Gasteiger partial charge in [0.1, 0.15) is 11.6 Å². The molecule has 0 unspecified atom stereocenters. The van der Waals surface area contributed by atoms with Crippen LogP contribution in [0.1, 0.15) is 57.6 Å². The molecule has 1 saturated carbocycles. The lowest BCUT2D eigenvalue weighted by atomic mass is 9.51. The number of halogens is 2. The molecule has 6 rings (SSSR count). The minimum atomic E-state index is -1.23. The average molecular weight is 579 g/mol. The fourth-order valence-electron chi connectivity index (χ4n) is 7.79. The number of likely N-dealkylation sites (tertiary alicyclic amines) is 1. The van der Waals surface area contributed by atoms with Crippen LogP contribution < -0.4 is 4.90 Å². The third kappa shape index (κ3) is 3.75. The molecule has 0 spiro atoms. The Balaban J connectivity index is 1.53. The van der Waals surface area contributed by atoms with Crippen molar-refractivity contribution in [3.8, 4) is 5.75 Å². The van der Waals surface area contributed by atoms with Crippen LogP contribution in [0.5, 0.6) is 5.75 Å². The van der Waals surface area contributed by atoms with E-state index in [1.54, 1.807) is 26.0 Å². The van der Waals surface area contributed by atoms with Crippen LogP contribution >= 0.6 is 11.6 Å². The fourth-order valence-corrected chi connectivity index (χ4v) is 7.96.